The third-order valence-electron chi connectivity index (χ3n) is 3.12. The molecule has 1 aliphatic carbocycles. The van der Waals surface area contributed by atoms with Crippen LogP contribution < -0.4 is 5.32 Å². The minimum absolute atomic E-state index is 0.109. The maximum atomic E-state index is 12.0. The molecule has 0 unspecified atom stereocenters. The number of thiophene rings is 1. The van der Waals surface area contributed by atoms with Gasteiger partial charge in [-0.1, -0.05) is 0 Å². The first-order valence-corrected chi connectivity index (χ1v) is 6.38. The zero-order chi connectivity index (χ0) is 11.6. The molecular weight excluding hydrogens is 220 g/mol. The van der Waals surface area contributed by atoms with Crippen molar-refractivity contribution >= 4 is 17.2 Å². The Bertz CT molecular complexity index is 438. The fraction of sp³-hybridized carbons (Fsp3) is 0.500. The Morgan fingerprint density at radius 3 is 2.69 bits per heavy atom. The van der Waals surface area contributed by atoms with Gasteiger partial charge >= 0.3 is 0 Å². The lowest BCUT2D eigenvalue weighted by atomic mass is 9.99. The summed E-state index contributed by atoms with van der Waals surface area (Å²) in [7, 11) is 0. The van der Waals surface area contributed by atoms with Crippen molar-refractivity contribution in [3.05, 3.63) is 21.9 Å². The van der Waals surface area contributed by atoms with Crippen LogP contribution in [0, 0.1) is 18.3 Å². The van der Waals surface area contributed by atoms with Crippen molar-refractivity contribution < 1.29 is 4.79 Å². The molecule has 1 aliphatic rings. The number of nitrogens with zero attached hydrogens (tertiary/aromatic N) is 1. The molecule has 0 aliphatic heterocycles. The van der Waals surface area contributed by atoms with Crippen LogP contribution in [0.15, 0.2) is 10.8 Å². The van der Waals surface area contributed by atoms with Crippen molar-refractivity contribution in [1.82, 2.24) is 5.32 Å². The lowest BCUT2D eigenvalue weighted by Gasteiger charge is -2.21. The molecule has 0 aromatic carbocycles. The first kappa shape index (κ1) is 11.2. The van der Waals surface area contributed by atoms with Gasteiger partial charge in [-0.15, -0.1) is 0 Å². The molecule has 0 radical (unpaired) electrons. The van der Waals surface area contributed by atoms with Crippen LogP contribution in [0.5, 0.6) is 0 Å². The molecule has 1 N–H and O–H groups in total. The van der Waals surface area contributed by atoms with Gasteiger partial charge in [-0.2, -0.15) is 16.6 Å². The third-order valence-corrected chi connectivity index (χ3v) is 3.99. The van der Waals surface area contributed by atoms with Gasteiger partial charge in [0.1, 0.15) is 5.54 Å². The molecule has 1 fully saturated rings. The predicted octanol–water partition coefficient (Wildman–Crippen LogP) is 2.62. The lowest BCUT2D eigenvalue weighted by Crippen LogP contribution is -2.45. The van der Waals surface area contributed by atoms with E-state index in [-0.39, 0.29) is 5.91 Å². The second kappa shape index (κ2) is 4.26. The van der Waals surface area contributed by atoms with E-state index in [0.717, 1.165) is 31.2 Å². The highest BCUT2D eigenvalue weighted by Crippen LogP contribution is 2.29. The summed E-state index contributed by atoms with van der Waals surface area (Å²) >= 11 is 1.52. The summed E-state index contributed by atoms with van der Waals surface area (Å²) in [6.45, 7) is 1.92. The fourth-order valence-corrected chi connectivity index (χ4v) is 2.95. The zero-order valence-electron chi connectivity index (χ0n) is 9.25. The Kier molecular flexibility index (Phi) is 2.97. The van der Waals surface area contributed by atoms with Gasteiger partial charge in [0.2, 0.25) is 0 Å². The number of hydrogen-bond donors (Lipinski definition) is 1. The minimum Gasteiger partial charge on any atom is -0.334 e. The summed E-state index contributed by atoms with van der Waals surface area (Å²) < 4.78 is 0. The third kappa shape index (κ3) is 1.96. The van der Waals surface area contributed by atoms with Gasteiger partial charge in [0, 0.05) is 5.38 Å². The van der Waals surface area contributed by atoms with E-state index in [1.807, 2.05) is 17.7 Å². The average molecular weight is 234 g/mol. The monoisotopic (exact) mass is 234 g/mol. The van der Waals surface area contributed by atoms with E-state index in [2.05, 4.69) is 11.4 Å². The number of aryl methyl sites for hydroxylation is 1. The van der Waals surface area contributed by atoms with Gasteiger partial charge in [-0.3, -0.25) is 4.79 Å². The van der Waals surface area contributed by atoms with E-state index >= 15 is 0 Å². The summed E-state index contributed by atoms with van der Waals surface area (Å²) in [4.78, 5) is 12.0. The highest BCUT2D eigenvalue weighted by atomic mass is 32.1. The number of nitrogens with one attached hydrogen (secondary N) is 1. The van der Waals surface area contributed by atoms with Gasteiger partial charge in [0.25, 0.3) is 5.91 Å². The average Bonchev–Trinajstić information content (AvgIpc) is 2.87. The molecule has 1 aromatic rings. The van der Waals surface area contributed by atoms with E-state index in [1.54, 1.807) is 0 Å². The van der Waals surface area contributed by atoms with Crippen LogP contribution in [-0.2, 0) is 0 Å². The van der Waals surface area contributed by atoms with Crippen LogP contribution in [0.2, 0.25) is 0 Å². The van der Waals surface area contributed by atoms with E-state index in [1.165, 1.54) is 11.3 Å². The van der Waals surface area contributed by atoms with Crippen molar-refractivity contribution in [1.29, 1.82) is 5.26 Å². The largest absolute Gasteiger partial charge is 0.334 e. The SMILES string of the molecule is Cc1cscc1C(=O)NC1(C#N)CCCC1. The Morgan fingerprint density at radius 1 is 1.50 bits per heavy atom. The number of rotatable bonds is 2. The number of carbonyl (C=O) groups is 1. The van der Waals surface area contributed by atoms with Crippen LogP contribution in [0.4, 0.5) is 0 Å². The Labute approximate surface area is 99.1 Å². The number of carbonyl (C=O) groups excluding carboxylic acids is 1. The molecular formula is C12H14N2OS. The molecule has 4 heteroatoms. The van der Waals surface area contributed by atoms with Crippen molar-refractivity contribution in [3.8, 4) is 6.07 Å². The maximum absolute atomic E-state index is 12.0. The first-order valence-electron chi connectivity index (χ1n) is 5.43. The number of nitriles is 1. The van der Waals surface area contributed by atoms with Crippen molar-refractivity contribution in [2.75, 3.05) is 0 Å². The van der Waals surface area contributed by atoms with E-state index < -0.39 is 5.54 Å². The Hall–Kier alpha value is -1.34. The highest BCUT2D eigenvalue weighted by Gasteiger charge is 2.35. The Morgan fingerprint density at radius 2 is 2.19 bits per heavy atom. The zero-order valence-corrected chi connectivity index (χ0v) is 10.1. The molecule has 0 saturated heterocycles. The van der Waals surface area contributed by atoms with Crippen molar-refractivity contribution in [3.63, 3.8) is 0 Å². The maximum Gasteiger partial charge on any atom is 0.253 e. The normalized spacial score (nSPS) is 18.0. The van der Waals surface area contributed by atoms with Gasteiger partial charge in [0.05, 0.1) is 11.6 Å². The molecule has 3 nitrogen and oxygen atoms in total. The van der Waals surface area contributed by atoms with Crippen LogP contribution in [0.3, 0.4) is 0 Å². The number of hydrogen-bond acceptors (Lipinski definition) is 3. The summed E-state index contributed by atoms with van der Waals surface area (Å²) in [5, 5.41) is 15.8. The van der Waals surface area contributed by atoms with Crippen molar-refractivity contribution in [2.45, 2.75) is 38.1 Å². The summed E-state index contributed by atoms with van der Waals surface area (Å²) in [5.41, 5.74) is 1.06. The summed E-state index contributed by atoms with van der Waals surface area (Å²) in [6, 6.07) is 2.26. The molecule has 1 saturated carbocycles. The first-order chi connectivity index (χ1) is 7.67. The quantitative estimate of drug-likeness (QED) is 0.855. The van der Waals surface area contributed by atoms with Crippen LogP contribution >= 0.6 is 11.3 Å². The number of amides is 1. The second-order valence-corrected chi connectivity index (χ2v) is 5.07. The fourth-order valence-electron chi connectivity index (χ4n) is 2.12. The standard InChI is InChI=1S/C12H14N2OS/c1-9-6-16-7-10(9)11(15)14-12(8-13)4-2-3-5-12/h6-7H,2-5H2,1H3,(H,14,15). The molecule has 2 rings (SSSR count). The van der Waals surface area contributed by atoms with Gasteiger partial charge in [-0.05, 0) is 43.6 Å². The smallest absolute Gasteiger partial charge is 0.253 e. The lowest BCUT2D eigenvalue weighted by molar-refractivity contribution is 0.0920. The Balaban J connectivity index is 2.13. The van der Waals surface area contributed by atoms with E-state index in [9.17, 15) is 10.1 Å². The van der Waals surface area contributed by atoms with Crippen molar-refractivity contribution in [2.24, 2.45) is 0 Å². The molecule has 84 valence electrons. The summed E-state index contributed by atoms with van der Waals surface area (Å²) in [5.74, 6) is -0.109. The molecule has 0 bridgehead atoms. The second-order valence-electron chi connectivity index (χ2n) is 4.32. The molecule has 1 amide bonds. The van der Waals surface area contributed by atoms with Gasteiger partial charge in [-0.25, -0.2) is 0 Å². The van der Waals surface area contributed by atoms with Gasteiger partial charge < -0.3 is 5.32 Å². The van der Waals surface area contributed by atoms with Gasteiger partial charge in [0.15, 0.2) is 0 Å². The van der Waals surface area contributed by atoms with E-state index in [0.29, 0.717) is 5.56 Å². The molecule has 16 heavy (non-hydrogen) atoms. The molecule has 0 spiro atoms. The van der Waals surface area contributed by atoms with Crippen LogP contribution in [0.1, 0.15) is 41.6 Å². The minimum atomic E-state index is -0.620. The van der Waals surface area contributed by atoms with E-state index in [4.69, 9.17) is 0 Å². The van der Waals surface area contributed by atoms with Crippen LogP contribution in [-0.4, -0.2) is 11.4 Å². The molecule has 1 heterocycles. The summed E-state index contributed by atoms with van der Waals surface area (Å²) in [6.07, 6.45) is 3.60. The predicted molar refractivity (Wildman–Crippen MR) is 63.3 cm³/mol. The molecule has 0 atom stereocenters. The highest BCUT2D eigenvalue weighted by molar-refractivity contribution is 7.08. The topological polar surface area (TPSA) is 52.9 Å². The molecule has 1 aromatic heterocycles. The van der Waals surface area contributed by atoms with Crippen LogP contribution in [0.25, 0.3) is 0 Å².